The molecule has 0 heterocycles. The lowest BCUT2D eigenvalue weighted by atomic mass is 10.1. The van der Waals surface area contributed by atoms with Crippen molar-refractivity contribution in [3.05, 3.63) is 64.7 Å². The lowest BCUT2D eigenvalue weighted by Gasteiger charge is -2.15. The van der Waals surface area contributed by atoms with Crippen molar-refractivity contribution in [2.75, 3.05) is 0 Å². The lowest BCUT2D eigenvalue weighted by Crippen LogP contribution is -2.26. The van der Waals surface area contributed by atoms with E-state index in [1.807, 2.05) is 31.2 Å². The van der Waals surface area contributed by atoms with E-state index in [2.05, 4.69) is 4.72 Å². The van der Waals surface area contributed by atoms with Crippen LogP contribution in [0.25, 0.3) is 0 Å². The van der Waals surface area contributed by atoms with Crippen LogP contribution >= 0.6 is 11.6 Å². The molecule has 1 unspecified atom stereocenters. The molecule has 2 rings (SSSR count). The minimum absolute atomic E-state index is 0.278. The first-order valence-corrected chi connectivity index (χ1v) is 8.65. The molecule has 112 valence electrons. The number of rotatable bonds is 5. The summed E-state index contributed by atoms with van der Waals surface area (Å²) in [7, 11) is -3.53. The van der Waals surface area contributed by atoms with Crippen molar-refractivity contribution in [1.82, 2.24) is 4.72 Å². The molecular weight excluding hydrogens is 306 g/mol. The summed E-state index contributed by atoms with van der Waals surface area (Å²) in [4.78, 5) is 0.278. The molecule has 0 spiro atoms. The van der Waals surface area contributed by atoms with Crippen molar-refractivity contribution in [2.45, 2.75) is 31.2 Å². The Kier molecular flexibility index (Phi) is 5.04. The van der Waals surface area contributed by atoms with E-state index in [1.54, 1.807) is 31.2 Å². The molecule has 0 fully saturated rings. The highest BCUT2D eigenvalue weighted by Gasteiger charge is 2.18. The fourth-order valence-corrected chi connectivity index (χ4v) is 3.38. The Morgan fingerprint density at radius 3 is 2.14 bits per heavy atom. The van der Waals surface area contributed by atoms with Crippen molar-refractivity contribution < 1.29 is 8.42 Å². The molecule has 0 bridgehead atoms. The summed E-state index contributed by atoms with van der Waals surface area (Å²) >= 11 is 5.84. The second-order valence-electron chi connectivity index (χ2n) is 4.89. The van der Waals surface area contributed by atoms with Gasteiger partial charge in [-0.15, -0.1) is 0 Å². The van der Waals surface area contributed by atoms with E-state index in [1.165, 1.54) is 0 Å². The van der Waals surface area contributed by atoms with E-state index in [0.717, 1.165) is 17.5 Å². The molecular formula is C16H18ClNO2S. The van der Waals surface area contributed by atoms with Crippen LogP contribution in [0.5, 0.6) is 0 Å². The average molecular weight is 324 g/mol. The third-order valence-electron chi connectivity index (χ3n) is 3.34. The zero-order chi connectivity index (χ0) is 15.5. The van der Waals surface area contributed by atoms with Crippen LogP contribution in [0.3, 0.4) is 0 Å². The van der Waals surface area contributed by atoms with Crippen molar-refractivity contribution in [2.24, 2.45) is 0 Å². The fraction of sp³-hybridized carbons (Fsp3) is 0.250. The summed E-state index contributed by atoms with van der Waals surface area (Å²) in [6, 6.07) is 13.7. The van der Waals surface area contributed by atoms with Crippen LogP contribution in [0.2, 0.25) is 5.02 Å². The van der Waals surface area contributed by atoms with Gasteiger partial charge in [0.2, 0.25) is 10.0 Å². The fourth-order valence-electron chi connectivity index (χ4n) is 2.02. The summed E-state index contributed by atoms with van der Waals surface area (Å²) in [5.41, 5.74) is 1.98. The normalized spacial score (nSPS) is 13.1. The molecule has 0 aliphatic rings. The van der Waals surface area contributed by atoms with E-state index in [0.29, 0.717) is 5.02 Å². The van der Waals surface area contributed by atoms with Crippen LogP contribution in [0.15, 0.2) is 53.4 Å². The molecule has 2 aromatic carbocycles. The predicted octanol–water partition coefficient (Wildman–Crippen LogP) is 3.94. The highest BCUT2D eigenvalue weighted by molar-refractivity contribution is 7.89. The Morgan fingerprint density at radius 2 is 1.62 bits per heavy atom. The van der Waals surface area contributed by atoms with Gasteiger partial charge in [-0.25, -0.2) is 13.1 Å². The summed E-state index contributed by atoms with van der Waals surface area (Å²) < 4.78 is 27.4. The number of hydrogen-bond donors (Lipinski definition) is 1. The molecule has 2 aromatic rings. The van der Waals surface area contributed by atoms with Gasteiger partial charge in [0.05, 0.1) is 4.90 Å². The highest BCUT2D eigenvalue weighted by atomic mass is 35.5. The minimum Gasteiger partial charge on any atom is -0.207 e. The molecule has 0 saturated heterocycles. The molecule has 0 amide bonds. The van der Waals surface area contributed by atoms with Gasteiger partial charge in [0.1, 0.15) is 0 Å². The highest BCUT2D eigenvalue weighted by Crippen LogP contribution is 2.19. The third kappa shape index (κ3) is 4.06. The van der Waals surface area contributed by atoms with E-state index in [4.69, 9.17) is 11.6 Å². The third-order valence-corrected chi connectivity index (χ3v) is 5.15. The van der Waals surface area contributed by atoms with E-state index in [9.17, 15) is 8.42 Å². The van der Waals surface area contributed by atoms with Gasteiger partial charge in [-0.2, -0.15) is 0 Å². The maximum Gasteiger partial charge on any atom is 0.241 e. The smallest absolute Gasteiger partial charge is 0.207 e. The maximum atomic E-state index is 12.3. The lowest BCUT2D eigenvalue weighted by molar-refractivity contribution is 0.567. The number of nitrogens with one attached hydrogen (secondary N) is 1. The molecule has 0 radical (unpaired) electrons. The molecule has 0 aliphatic carbocycles. The van der Waals surface area contributed by atoms with Gasteiger partial charge in [0.25, 0.3) is 0 Å². The number of benzene rings is 2. The van der Waals surface area contributed by atoms with Crippen LogP contribution in [0.4, 0.5) is 0 Å². The molecule has 0 aromatic heterocycles. The number of halogens is 1. The zero-order valence-electron chi connectivity index (χ0n) is 12.0. The number of sulfonamides is 1. The SMILES string of the molecule is CCc1ccc(S(=O)(=O)NC(C)c2ccc(Cl)cc2)cc1. The average Bonchev–Trinajstić information content (AvgIpc) is 2.47. The van der Waals surface area contributed by atoms with Gasteiger partial charge >= 0.3 is 0 Å². The summed E-state index contributed by atoms with van der Waals surface area (Å²) in [6.07, 6.45) is 0.884. The van der Waals surface area contributed by atoms with Gasteiger partial charge in [-0.1, -0.05) is 42.8 Å². The molecule has 21 heavy (non-hydrogen) atoms. The van der Waals surface area contributed by atoms with Gasteiger partial charge in [0.15, 0.2) is 0 Å². The van der Waals surface area contributed by atoms with Crippen LogP contribution in [-0.2, 0) is 16.4 Å². The Bertz CT molecular complexity index is 694. The zero-order valence-corrected chi connectivity index (χ0v) is 13.6. The molecule has 1 N–H and O–H groups in total. The minimum atomic E-state index is -3.53. The Labute approximate surface area is 131 Å². The number of aryl methyl sites for hydroxylation is 1. The monoisotopic (exact) mass is 323 g/mol. The predicted molar refractivity (Wildman–Crippen MR) is 86.0 cm³/mol. The molecule has 0 saturated carbocycles. The van der Waals surface area contributed by atoms with E-state index >= 15 is 0 Å². The van der Waals surface area contributed by atoms with Crippen LogP contribution in [-0.4, -0.2) is 8.42 Å². The first kappa shape index (κ1) is 16.0. The maximum absolute atomic E-state index is 12.3. The first-order valence-electron chi connectivity index (χ1n) is 6.79. The van der Waals surface area contributed by atoms with Crippen LogP contribution in [0.1, 0.15) is 31.0 Å². The standard InChI is InChI=1S/C16H18ClNO2S/c1-3-13-4-10-16(11-5-13)21(19,20)18-12(2)14-6-8-15(17)9-7-14/h4-12,18H,3H2,1-2H3. The summed E-state index contributed by atoms with van der Waals surface area (Å²) in [5, 5.41) is 0.629. The summed E-state index contributed by atoms with van der Waals surface area (Å²) in [6.45, 7) is 3.84. The molecule has 5 heteroatoms. The van der Waals surface area contributed by atoms with Gasteiger partial charge < -0.3 is 0 Å². The topological polar surface area (TPSA) is 46.2 Å². The van der Waals surface area contributed by atoms with Gasteiger partial charge in [-0.3, -0.25) is 0 Å². The largest absolute Gasteiger partial charge is 0.241 e. The van der Waals surface area contributed by atoms with E-state index in [-0.39, 0.29) is 10.9 Å². The molecule has 1 atom stereocenters. The second-order valence-corrected chi connectivity index (χ2v) is 7.04. The second kappa shape index (κ2) is 6.60. The van der Waals surface area contributed by atoms with Crippen LogP contribution in [0, 0.1) is 0 Å². The first-order chi connectivity index (χ1) is 9.92. The van der Waals surface area contributed by atoms with E-state index < -0.39 is 10.0 Å². The quantitative estimate of drug-likeness (QED) is 0.905. The van der Waals surface area contributed by atoms with Crippen molar-refractivity contribution in [3.63, 3.8) is 0 Å². The Balaban J connectivity index is 2.17. The van der Waals surface area contributed by atoms with Crippen LogP contribution < -0.4 is 4.72 Å². The van der Waals surface area contributed by atoms with Crippen molar-refractivity contribution in [3.8, 4) is 0 Å². The Hall–Kier alpha value is -1.36. The Morgan fingerprint density at radius 1 is 1.05 bits per heavy atom. The summed E-state index contributed by atoms with van der Waals surface area (Å²) in [5.74, 6) is 0. The number of hydrogen-bond acceptors (Lipinski definition) is 2. The molecule has 0 aliphatic heterocycles. The van der Waals surface area contributed by atoms with Gasteiger partial charge in [0, 0.05) is 11.1 Å². The van der Waals surface area contributed by atoms with Crippen molar-refractivity contribution >= 4 is 21.6 Å². The van der Waals surface area contributed by atoms with Crippen molar-refractivity contribution in [1.29, 1.82) is 0 Å². The molecule has 3 nitrogen and oxygen atoms in total. The van der Waals surface area contributed by atoms with Gasteiger partial charge in [-0.05, 0) is 48.7 Å².